The zero-order chi connectivity index (χ0) is 17.3. The summed E-state index contributed by atoms with van der Waals surface area (Å²) >= 11 is 0. The number of nitrogens with one attached hydrogen (secondary N) is 1. The zero-order valence-electron chi connectivity index (χ0n) is 13.5. The summed E-state index contributed by atoms with van der Waals surface area (Å²) in [5.74, 6) is -0.0864. The summed E-state index contributed by atoms with van der Waals surface area (Å²) < 4.78 is 5.76. The van der Waals surface area contributed by atoms with Crippen LogP contribution in [-0.2, 0) is 0 Å². The first-order valence-corrected chi connectivity index (χ1v) is 7.65. The van der Waals surface area contributed by atoms with Gasteiger partial charge in [0.1, 0.15) is 11.3 Å². The molecule has 3 rings (SSSR count). The van der Waals surface area contributed by atoms with Gasteiger partial charge in [-0.05, 0) is 26.0 Å². The van der Waals surface area contributed by atoms with Crippen molar-refractivity contribution in [2.45, 2.75) is 19.4 Å². The smallest absolute Gasteiger partial charge is 0.287 e. The van der Waals surface area contributed by atoms with Crippen molar-refractivity contribution in [1.29, 1.82) is 0 Å². The highest BCUT2D eigenvalue weighted by Gasteiger charge is 2.23. The number of aliphatic hydroxyl groups is 1. The maximum atomic E-state index is 12.3. The summed E-state index contributed by atoms with van der Waals surface area (Å²) in [7, 11) is 0. The van der Waals surface area contributed by atoms with Crippen LogP contribution in [0.1, 0.15) is 24.4 Å². The highest BCUT2D eigenvalue weighted by Crippen LogP contribution is 2.35. The van der Waals surface area contributed by atoms with Crippen LogP contribution in [0.15, 0.2) is 52.9 Å². The molecule has 0 bridgehead atoms. The normalized spacial score (nSPS) is 11.6. The molecule has 0 saturated heterocycles. The molecule has 0 unspecified atom stereocenters. The maximum Gasteiger partial charge on any atom is 0.287 e. The SMILES string of the molecule is CC(C)(CO)NC(=O)c1cc2cccc(-c3ccccc3O)c2o1. The molecule has 0 atom stereocenters. The molecule has 3 aromatic rings. The summed E-state index contributed by atoms with van der Waals surface area (Å²) in [4.78, 5) is 12.3. The van der Waals surface area contributed by atoms with E-state index in [2.05, 4.69) is 5.32 Å². The quantitative estimate of drug-likeness (QED) is 0.687. The average molecular weight is 325 g/mol. The number of furan rings is 1. The minimum Gasteiger partial charge on any atom is -0.507 e. The molecule has 0 aliphatic carbocycles. The van der Waals surface area contributed by atoms with Gasteiger partial charge in [0.15, 0.2) is 5.76 Å². The van der Waals surface area contributed by atoms with Gasteiger partial charge in [0, 0.05) is 16.5 Å². The lowest BCUT2D eigenvalue weighted by Gasteiger charge is -2.22. The molecule has 5 nitrogen and oxygen atoms in total. The second kappa shape index (κ2) is 6.02. The Balaban J connectivity index is 2.05. The van der Waals surface area contributed by atoms with Crippen molar-refractivity contribution in [3.05, 3.63) is 54.3 Å². The van der Waals surface area contributed by atoms with Crippen LogP contribution >= 0.6 is 0 Å². The van der Waals surface area contributed by atoms with E-state index >= 15 is 0 Å². The van der Waals surface area contributed by atoms with E-state index in [-0.39, 0.29) is 18.1 Å². The van der Waals surface area contributed by atoms with Crippen molar-refractivity contribution >= 4 is 16.9 Å². The fraction of sp³-hybridized carbons (Fsp3) is 0.211. The molecule has 0 radical (unpaired) electrons. The van der Waals surface area contributed by atoms with E-state index in [4.69, 9.17) is 4.42 Å². The molecule has 0 aliphatic rings. The van der Waals surface area contributed by atoms with Gasteiger partial charge >= 0.3 is 0 Å². The Kier molecular flexibility index (Phi) is 4.03. The number of carbonyl (C=O) groups is 1. The lowest BCUT2D eigenvalue weighted by Crippen LogP contribution is -2.46. The van der Waals surface area contributed by atoms with Gasteiger partial charge in [0.2, 0.25) is 0 Å². The molecule has 1 amide bonds. The number of phenolic OH excluding ortho intramolecular Hbond substituents is 1. The molecule has 0 spiro atoms. The van der Waals surface area contributed by atoms with Gasteiger partial charge in [-0.25, -0.2) is 0 Å². The fourth-order valence-electron chi connectivity index (χ4n) is 2.50. The number of para-hydroxylation sites is 2. The van der Waals surface area contributed by atoms with Gasteiger partial charge in [-0.3, -0.25) is 4.79 Å². The predicted octanol–water partition coefficient (Wildman–Crippen LogP) is 3.31. The minimum atomic E-state index is -0.739. The Morgan fingerprint density at radius 3 is 2.54 bits per heavy atom. The van der Waals surface area contributed by atoms with Crippen molar-refractivity contribution in [2.75, 3.05) is 6.61 Å². The lowest BCUT2D eigenvalue weighted by molar-refractivity contribution is 0.0843. The van der Waals surface area contributed by atoms with Gasteiger partial charge in [-0.2, -0.15) is 0 Å². The van der Waals surface area contributed by atoms with Gasteiger partial charge < -0.3 is 19.9 Å². The fourth-order valence-corrected chi connectivity index (χ4v) is 2.50. The molecule has 24 heavy (non-hydrogen) atoms. The molecule has 1 heterocycles. The van der Waals surface area contributed by atoms with Crippen molar-refractivity contribution in [3.8, 4) is 16.9 Å². The highest BCUT2D eigenvalue weighted by atomic mass is 16.3. The van der Waals surface area contributed by atoms with E-state index < -0.39 is 11.4 Å². The van der Waals surface area contributed by atoms with Crippen molar-refractivity contribution in [2.24, 2.45) is 0 Å². The topological polar surface area (TPSA) is 82.7 Å². The third-order valence-corrected chi connectivity index (χ3v) is 3.81. The average Bonchev–Trinajstić information content (AvgIpc) is 2.99. The Morgan fingerprint density at radius 1 is 1.12 bits per heavy atom. The van der Waals surface area contributed by atoms with Gasteiger partial charge in [-0.15, -0.1) is 0 Å². The number of rotatable bonds is 4. The Labute approximate surface area is 139 Å². The number of phenols is 1. The summed E-state index contributed by atoms with van der Waals surface area (Å²) in [5, 5.41) is 22.8. The molecule has 0 saturated carbocycles. The van der Waals surface area contributed by atoms with Gasteiger partial charge in [0.05, 0.1) is 12.1 Å². The van der Waals surface area contributed by atoms with E-state index in [1.165, 1.54) is 0 Å². The standard InChI is InChI=1S/C19H19NO4/c1-19(2,11-21)20-18(23)16-10-12-6-5-8-14(17(12)24-16)13-7-3-4-9-15(13)22/h3-10,21-22H,11H2,1-2H3,(H,20,23). The van der Waals surface area contributed by atoms with E-state index in [0.29, 0.717) is 16.7 Å². The van der Waals surface area contributed by atoms with E-state index in [9.17, 15) is 15.0 Å². The Morgan fingerprint density at radius 2 is 1.83 bits per heavy atom. The van der Waals surface area contributed by atoms with Crippen molar-refractivity contribution in [3.63, 3.8) is 0 Å². The zero-order valence-corrected chi connectivity index (χ0v) is 13.5. The second-order valence-corrected chi connectivity index (χ2v) is 6.35. The summed E-state index contributed by atoms with van der Waals surface area (Å²) in [6.45, 7) is 3.27. The first-order valence-electron chi connectivity index (χ1n) is 7.65. The monoisotopic (exact) mass is 325 g/mol. The van der Waals surface area contributed by atoms with Crippen LogP contribution in [0.4, 0.5) is 0 Å². The molecular formula is C19H19NO4. The largest absolute Gasteiger partial charge is 0.507 e. The maximum absolute atomic E-state index is 12.3. The van der Waals surface area contributed by atoms with Crippen LogP contribution in [0.3, 0.4) is 0 Å². The molecule has 124 valence electrons. The first-order chi connectivity index (χ1) is 11.4. The Bertz CT molecular complexity index is 895. The summed E-state index contributed by atoms with van der Waals surface area (Å²) in [5.41, 5.74) is 1.15. The van der Waals surface area contributed by atoms with Crippen molar-refractivity contribution < 1.29 is 19.4 Å². The molecular weight excluding hydrogens is 306 g/mol. The minimum absolute atomic E-state index is 0.147. The van der Waals surface area contributed by atoms with Crippen molar-refractivity contribution in [1.82, 2.24) is 5.32 Å². The Hall–Kier alpha value is -2.79. The van der Waals surface area contributed by atoms with E-state index in [0.717, 1.165) is 5.39 Å². The number of benzene rings is 2. The number of aromatic hydroxyl groups is 1. The predicted molar refractivity (Wildman–Crippen MR) is 91.9 cm³/mol. The molecule has 3 N–H and O–H groups in total. The second-order valence-electron chi connectivity index (χ2n) is 6.35. The summed E-state index contributed by atoms with van der Waals surface area (Å²) in [6, 6.07) is 14.2. The van der Waals surface area contributed by atoms with E-state index in [1.807, 2.05) is 24.3 Å². The van der Waals surface area contributed by atoms with Crippen LogP contribution < -0.4 is 5.32 Å². The molecule has 1 aromatic heterocycles. The lowest BCUT2D eigenvalue weighted by atomic mass is 10.0. The molecule has 2 aromatic carbocycles. The van der Waals surface area contributed by atoms with Crippen LogP contribution in [-0.4, -0.2) is 28.3 Å². The van der Waals surface area contributed by atoms with Crippen LogP contribution in [0.5, 0.6) is 5.75 Å². The van der Waals surface area contributed by atoms with Crippen LogP contribution in [0.2, 0.25) is 0 Å². The van der Waals surface area contributed by atoms with Crippen LogP contribution in [0, 0.1) is 0 Å². The number of carbonyl (C=O) groups excluding carboxylic acids is 1. The summed E-state index contributed by atoms with van der Waals surface area (Å²) in [6.07, 6.45) is 0. The molecule has 5 heteroatoms. The first kappa shape index (κ1) is 16.1. The van der Waals surface area contributed by atoms with E-state index in [1.54, 1.807) is 38.1 Å². The molecule has 0 aliphatic heterocycles. The highest BCUT2D eigenvalue weighted by molar-refractivity contribution is 6.00. The van der Waals surface area contributed by atoms with Gasteiger partial charge in [0.25, 0.3) is 5.91 Å². The molecule has 0 fully saturated rings. The third kappa shape index (κ3) is 2.98. The number of aliphatic hydroxyl groups excluding tert-OH is 1. The number of fused-ring (bicyclic) bond motifs is 1. The number of amides is 1. The number of hydrogen-bond acceptors (Lipinski definition) is 4. The van der Waals surface area contributed by atoms with Gasteiger partial charge in [-0.1, -0.05) is 36.4 Å². The third-order valence-electron chi connectivity index (χ3n) is 3.81. The van der Waals surface area contributed by atoms with Crippen LogP contribution in [0.25, 0.3) is 22.1 Å². The number of hydrogen-bond donors (Lipinski definition) is 3.